The van der Waals surface area contributed by atoms with E-state index in [1.54, 1.807) is 12.3 Å². The average Bonchev–Trinajstić information content (AvgIpc) is 2.85. The highest BCUT2D eigenvalue weighted by Gasteiger charge is 2.20. The number of aromatic nitrogens is 3. The van der Waals surface area contributed by atoms with Crippen molar-refractivity contribution in [3.63, 3.8) is 0 Å². The first-order chi connectivity index (χ1) is 15.6. The van der Waals surface area contributed by atoms with Crippen LogP contribution in [0, 0.1) is 0 Å². The number of methoxy groups -OCH3 is 1. The van der Waals surface area contributed by atoms with E-state index in [2.05, 4.69) is 62.2 Å². The Labute approximate surface area is 204 Å². The van der Waals surface area contributed by atoms with Gasteiger partial charge < -0.3 is 19.6 Å². The third kappa shape index (κ3) is 5.25. The van der Waals surface area contributed by atoms with Crippen molar-refractivity contribution in [3.05, 3.63) is 20.6 Å². The van der Waals surface area contributed by atoms with Crippen molar-refractivity contribution in [2.45, 2.75) is 38.5 Å². The van der Waals surface area contributed by atoms with Gasteiger partial charge in [0.25, 0.3) is 0 Å². The molecule has 2 fully saturated rings. The number of hydrogen-bond acceptors (Lipinski definition) is 9. The fourth-order valence-electron chi connectivity index (χ4n) is 3.90. The molecule has 3 heterocycles. The van der Waals surface area contributed by atoms with Gasteiger partial charge in [0.1, 0.15) is 0 Å². The summed E-state index contributed by atoms with van der Waals surface area (Å²) in [5, 5.41) is 14.5. The SMILES string of the molecule is COc1cc(C=NNc2nc(N3CCCCC3)nc(N3CCCCC3)n2)c(Br)c(Br)c1O. The lowest BCUT2D eigenvalue weighted by molar-refractivity contribution is 0.371. The van der Waals surface area contributed by atoms with Gasteiger partial charge in [0, 0.05) is 36.2 Å². The number of piperidine rings is 2. The van der Waals surface area contributed by atoms with Crippen LogP contribution in [0.3, 0.4) is 0 Å². The molecule has 2 aliphatic heterocycles. The molecule has 1 aromatic heterocycles. The van der Waals surface area contributed by atoms with Crippen molar-refractivity contribution in [1.82, 2.24) is 15.0 Å². The Bertz CT molecular complexity index is 941. The number of anilines is 3. The molecule has 0 amide bonds. The molecule has 0 spiro atoms. The zero-order valence-electron chi connectivity index (χ0n) is 18.0. The van der Waals surface area contributed by atoms with Crippen molar-refractivity contribution in [1.29, 1.82) is 0 Å². The summed E-state index contributed by atoms with van der Waals surface area (Å²) in [5.74, 6) is 2.19. The number of ether oxygens (including phenoxy) is 1. The molecule has 0 atom stereocenters. The van der Waals surface area contributed by atoms with Gasteiger partial charge in [-0.25, -0.2) is 5.43 Å². The van der Waals surface area contributed by atoms with Crippen molar-refractivity contribution in [2.75, 3.05) is 48.5 Å². The maximum atomic E-state index is 10.1. The number of halogens is 2. The van der Waals surface area contributed by atoms with E-state index in [4.69, 9.17) is 9.72 Å². The minimum absolute atomic E-state index is 0.0271. The van der Waals surface area contributed by atoms with Crippen LogP contribution in [-0.2, 0) is 0 Å². The normalized spacial score (nSPS) is 17.1. The minimum atomic E-state index is 0.0271. The van der Waals surface area contributed by atoms with E-state index < -0.39 is 0 Å². The Kier molecular flexibility index (Phi) is 7.67. The summed E-state index contributed by atoms with van der Waals surface area (Å²) in [6.07, 6.45) is 8.72. The van der Waals surface area contributed by atoms with Crippen LogP contribution < -0.4 is 20.0 Å². The summed E-state index contributed by atoms with van der Waals surface area (Å²) < 4.78 is 6.39. The fraction of sp³-hybridized carbons (Fsp3) is 0.524. The third-order valence-corrected chi connectivity index (χ3v) is 7.81. The van der Waals surface area contributed by atoms with E-state index in [0.717, 1.165) is 57.4 Å². The predicted molar refractivity (Wildman–Crippen MR) is 133 cm³/mol. The molecule has 11 heteroatoms. The summed E-state index contributed by atoms with van der Waals surface area (Å²) in [6, 6.07) is 1.70. The minimum Gasteiger partial charge on any atom is -0.503 e. The zero-order chi connectivity index (χ0) is 22.5. The highest BCUT2D eigenvalue weighted by Crippen LogP contribution is 2.41. The monoisotopic (exact) mass is 567 g/mol. The Hall–Kier alpha value is -2.14. The number of aromatic hydroxyl groups is 1. The van der Waals surface area contributed by atoms with Crippen molar-refractivity contribution >= 4 is 55.9 Å². The van der Waals surface area contributed by atoms with Gasteiger partial charge in [-0.3, -0.25) is 0 Å². The van der Waals surface area contributed by atoms with Gasteiger partial charge in [-0.15, -0.1) is 0 Å². The Morgan fingerprint density at radius 1 is 0.938 bits per heavy atom. The average molecular weight is 569 g/mol. The Morgan fingerprint density at radius 3 is 2.03 bits per heavy atom. The van der Waals surface area contributed by atoms with E-state index in [0.29, 0.717) is 32.5 Å². The molecule has 0 aliphatic carbocycles. The molecular weight excluding hydrogens is 542 g/mol. The second-order valence-electron chi connectivity index (χ2n) is 7.87. The van der Waals surface area contributed by atoms with Crippen LogP contribution in [0.15, 0.2) is 20.1 Å². The second-order valence-corrected chi connectivity index (χ2v) is 9.46. The lowest BCUT2D eigenvalue weighted by Gasteiger charge is -2.30. The number of phenols is 1. The Morgan fingerprint density at radius 2 is 1.50 bits per heavy atom. The van der Waals surface area contributed by atoms with E-state index >= 15 is 0 Å². The van der Waals surface area contributed by atoms with Gasteiger partial charge in [0.05, 0.1) is 17.8 Å². The van der Waals surface area contributed by atoms with E-state index in [1.165, 1.54) is 20.0 Å². The molecule has 4 rings (SSSR count). The molecule has 0 bridgehead atoms. The van der Waals surface area contributed by atoms with Crippen molar-refractivity contribution in [3.8, 4) is 11.5 Å². The number of nitrogens with zero attached hydrogens (tertiary/aromatic N) is 6. The van der Waals surface area contributed by atoms with Gasteiger partial charge in [-0.1, -0.05) is 0 Å². The van der Waals surface area contributed by atoms with Gasteiger partial charge >= 0.3 is 0 Å². The summed E-state index contributed by atoms with van der Waals surface area (Å²) in [6.45, 7) is 3.84. The molecule has 1 aromatic carbocycles. The molecule has 32 heavy (non-hydrogen) atoms. The molecule has 172 valence electrons. The molecule has 2 saturated heterocycles. The highest BCUT2D eigenvalue weighted by molar-refractivity contribution is 9.13. The third-order valence-electron chi connectivity index (χ3n) is 5.65. The Balaban J connectivity index is 1.59. The van der Waals surface area contributed by atoms with Crippen LogP contribution in [0.4, 0.5) is 17.8 Å². The number of rotatable bonds is 6. The standard InChI is InChI=1S/C21H27Br2N7O2/c1-32-15-12-14(16(22)17(23)18(15)31)13-24-28-19-25-20(29-8-4-2-5-9-29)27-21(26-19)30-10-6-3-7-11-30/h12-13,31H,2-11H2,1H3,(H,25,26,27,28). The van der Waals surface area contributed by atoms with Crippen LogP contribution in [0.2, 0.25) is 0 Å². The molecule has 9 nitrogen and oxygen atoms in total. The molecule has 2 aromatic rings. The molecule has 0 unspecified atom stereocenters. The molecule has 0 radical (unpaired) electrons. The van der Waals surface area contributed by atoms with Gasteiger partial charge in [-0.05, 0) is 76.5 Å². The largest absolute Gasteiger partial charge is 0.503 e. The van der Waals surface area contributed by atoms with Gasteiger partial charge in [-0.2, -0.15) is 20.1 Å². The maximum Gasteiger partial charge on any atom is 0.250 e. The summed E-state index contributed by atoms with van der Waals surface area (Å²) in [7, 11) is 1.50. The second kappa shape index (κ2) is 10.7. The number of hydrogen-bond donors (Lipinski definition) is 2. The zero-order valence-corrected chi connectivity index (χ0v) is 21.2. The number of benzene rings is 1. The quantitative estimate of drug-likeness (QED) is 0.387. The number of hydrazone groups is 1. The first kappa shape index (κ1) is 23.0. The van der Waals surface area contributed by atoms with Crippen molar-refractivity contribution < 1.29 is 9.84 Å². The van der Waals surface area contributed by atoms with Crippen LogP contribution in [0.5, 0.6) is 11.5 Å². The molecular formula is C21H27Br2N7O2. The van der Waals surface area contributed by atoms with Crippen molar-refractivity contribution in [2.24, 2.45) is 5.10 Å². The van der Waals surface area contributed by atoms with Crippen LogP contribution >= 0.6 is 31.9 Å². The fourth-order valence-corrected chi connectivity index (χ4v) is 4.72. The predicted octanol–water partition coefficient (Wildman–Crippen LogP) is 4.54. The lowest BCUT2D eigenvalue weighted by atomic mass is 10.1. The van der Waals surface area contributed by atoms with E-state index in [1.807, 2.05) is 0 Å². The van der Waals surface area contributed by atoms with E-state index in [9.17, 15) is 5.11 Å². The summed E-state index contributed by atoms with van der Waals surface area (Å²) >= 11 is 6.83. The summed E-state index contributed by atoms with van der Waals surface area (Å²) in [4.78, 5) is 18.5. The summed E-state index contributed by atoms with van der Waals surface area (Å²) in [5.41, 5.74) is 3.69. The number of phenolic OH excluding ortho intramolecular Hbond substituents is 1. The first-order valence-electron chi connectivity index (χ1n) is 10.9. The van der Waals surface area contributed by atoms with Crippen LogP contribution in [0.1, 0.15) is 44.1 Å². The highest BCUT2D eigenvalue weighted by atomic mass is 79.9. The molecule has 0 saturated carbocycles. The van der Waals surface area contributed by atoms with Crippen LogP contribution in [-0.4, -0.2) is 59.6 Å². The van der Waals surface area contributed by atoms with E-state index in [-0.39, 0.29) is 5.75 Å². The topological polar surface area (TPSA) is 99.0 Å². The lowest BCUT2D eigenvalue weighted by Crippen LogP contribution is -2.34. The maximum absolute atomic E-state index is 10.1. The van der Waals surface area contributed by atoms with Gasteiger partial charge in [0.15, 0.2) is 11.5 Å². The number of nitrogens with one attached hydrogen (secondary N) is 1. The molecule has 2 N–H and O–H groups in total. The first-order valence-corrected chi connectivity index (χ1v) is 12.5. The molecule has 2 aliphatic rings. The smallest absolute Gasteiger partial charge is 0.250 e. The van der Waals surface area contributed by atoms with Crippen LogP contribution in [0.25, 0.3) is 0 Å². The van der Waals surface area contributed by atoms with Gasteiger partial charge in [0.2, 0.25) is 17.8 Å².